The number of aryl methyl sites for hydroxylation is 1. The molecule has 1 aliphatic heterocycles. The van der Waals surface area contributed by atoms with E-state index in [0.29, 0.717) is 12.0 Å². The Morgan fingerprint density at radius 1 is 1.44 bits per heavy atom. The van der Waals surface area contributed by atoms with Gasteiger partial charge in [0.1, 0.15) is 5.60 Å². The Hall–Kier alpha value is -0.870. The first-order valence-electron chi connectivity index (χ1n) is 9.79. The Labute approximate surface area is 181 Å². The van der Waals surface area contributed by atoms with Crippen LogP contribution in [0.25, 0.3) is 0 Å². The zero-order valence-electron chi connectivity index (χ0n) is 17.4. The molecule has 1 saturated heterocycles. The molecule has 1 fully saturated rings. The van der Waals surface area contributed by atoms with Gasteiger partial charge in [-0.05, 0) is 53.0 Å². The van der Waals surface area contributed by atoms with E-state index in [4.69, 9.17) is 0 Å². The molecule has 1 aromatic rings. The summed E-state index contributed by atoms with van der Waals surface area (Å²) in [5.41, 5.74) is -0.255. The second kappa shape index (κ2) is 11.2. The van der Waals surface area contributed by atoms with Crippen LogP contribution in [-0.4, -0.2) is 64.5 Å². The summed E-state index contributed by atoms with van der Waals surface area (Å²) in [4.78, 5) is 7.15. The van der Waals surface area contributed by atoms with Crippen molar-refractivity contribution in [3.8, 4) is 0 Å². The normalized spacial score (nSPS) is 20.9. The van der Waals surface area contributed by atoms with E-state index in [-0.39, 0.29) is 30.5 Å². The minimum atomic E-state index is -1.03. The minimum absolute atomic E-state index is 0. The standard InChI is InChI=1S/C19H36N6O.HI/c1-6-20-18(21-10-16-8-7-9-25(12-16)15(2)3)22-14-19(4,26)17-11-23-24(5)13-17;/h11,13,15-16,26H,6-10,12,14H2,1-5H3,(H2,20,21,22);1H. The molecule has 27 heavy (non-hydrogen) atoms. The van der Waals surface area contributed by atoms with Gasteiger partial charge in [0, 0.05) is 44.5 Å². The van der Waals surface area contributed by atoms with E-state index in [1.807, 2.05) is 13.2 Å². The van der Waals surface area contributed by atoms with Crippen molar-refractivity contribution in [1.29, 1.82) is 0 Å². The summed E-state index contributed by atoms with van der Waals surface area (Å²) >= 11 is 0. The zero-order valence-corrected chi connectivity index (χ0v) is 19.7. The van der Waals surface area contributed by atoms with Crippen LogP contribution in [0.3, 0.4) is 0 Å². The molecule has 1 aromatic heterocycles. The highest BCUT2D eigenvalue weighted by atomic mass is 127. The van der Waals surface area contributed by atoms with Crippen LogP contribution in [0.4, 0.5) is 0 Å². The molecule has 0 bridgehead atoms. The average Bonchev–Trinajstić information content (AvgIpc) is 3.05. The Kier molecular flexibility index (Phi) is 10.0. The maximum Gasteiger partial charge on any atom is 0.191 e. The molecule has 0 aromatic carbocycles. The maximum atomic E-state index is 10.7. The molecule has 0 spiro atoms. The van der Waals surface area contributed by atoms with E-state index >= 15 is 0 Å². The molecule has 0 radical (unpaired) electrons. The van der Waals surface area contributed by atoms with Crippen molar-refractivity contribution in [2.24, 2.45) is 18.0 Å². The van der Waals surface area contributed by atoms with Crippen molar-refractivity contribution in [2.45, 2.75) is 52.2 Å². The Morgan fingerprint density at radius 3 is 2.78 bits per heavy atom. The predicted octanol–water partition coefficient (Wildman–Crippen LogP) is 1.92. The number of hydrogen-bond acceptors (Lipinski definition) is 4. The molecule has 2 unspecified atom stereocenters. The molecule has 2 rings (SSSR count). The van der Waals surface area contributed by atoms with E-state index in [1.54, 1.807) is 17.8 Å². The molecular weight excluding hydrogens is 455 g/mol. The Balaban J connectivity index is 0.00000364. The van der Waals surface area contributed by atoms with Gasteiger partial charge < -0.3 is 20.6 Å². The number of aliphatic hydroxyl groups is 1. The third kappa shape index (κ3) is 7.57. The van der Waals surface area contributed by atoms with Crippen LogP contribution < -0.4 is 10.6 Å². The van der Waals surface area contributed by atoms with E-state index in [1.165, 1.54) is 19.4 Å². The topological polar surface area (TPSA) is 77.7 Å². The Morgan fingerprint density at radius 2 is 2.19 bits per heavy atom. The number of halogens is 1. The summed E-state index contributed by atoms with van der Waals surface area (Å²) in [6.07, 6.45) is 6.04. The van der Waals surface area contributed by atoms with Gasteiger partial charge >= 0.3 is 0 Å². The van der Waals surface area contributed by atoms with Gasteiger partial charge in [-0.1, -0.05) is 0 Å². The number of guanidine groups is 1. The summed E-state index contributed by atoms with van der Waals surface area (Å²) in [6.45, 7) is 12.7. The van der Waals surface area contributed by atoms with E-state index in [2.05, 4.69) is 46.4 Å². The number of likely N-dealkylation sites (tertiary alicyclic amines) is 1. The van der Waals surface area contributed by atoms with Crippen molar-refractivity contribution in [3.05, 3.63) is 18.0 Å². The van der Waals surface area contributed by atoms with Crippen molar-refractivity contribution >= 4 is 29.9 Å². The molecule has 0 saturated carbocycles. The second-order valence-electron chi connectivity index (χ2n) is 7.85. The van der Waals surface area contributed by atoms with Gasteiger partial charge in [0.25, 0.3) is 0 Å². The molecular formula is C19H37IN6O. The van der Waals surface area contributed by atoms with Gasteiger partial charge in [-0.15, -0.1) is 24.0 Å². The fourth-order valence-corrected chi connectivity index (χ4v) is 3.34. The first-order chi connectivity index (χ1) is 12.3. The zero-order chi connectivity index (χ0) is 19.2. The summed E-state index contributed by atoms with van der Waals surface area (Å²) < 4.78 is 1.69. The quantitative estimate of drug-likeness (QED) is 0.308. The number of rotatable bonds is 7. The number of nitrogens with zero attached hydrogens (tertiary/aromatic N) is 4. The average molecular weight is 492 g/mol. The number of aromatic nitrogens is 2. The monoisotopic (exact) mass is 492 g/mol. The van der Waals surface area contributed by atoms with Crippen LogP contribution in [-0.2, 0) is 12.6 Å². The largest absolute Gasteiger partial charge is 0.383 e. The fraction of sp³-hybridized carbons (Fsp3) is 0.789. The van der Waals surface area contributed by atoms with Gasteiger partial charge in [-0.2, -0.15) is 5.10 Å². The summed E-state index contributed by atoms with van der Waals surface area (Å²) in [5.74, 6) is 1.40. The summed E-state index contributed by atoms with van der Waals surface area (Å²) in [6, 6.07) is 0.606. The van der Waals surface area contributed by atoms with Gasteiger partial charge in [0.15, 0.2) is 5.96 Å². The van der Waals surface area contributed by atoms with Crippen LogP contribution in [0.1, 0.15) is 46.1 Å². The lowest BCUT2D eigenvalue weighted by atomic mass is 9.97. The highest BCUT2D eigenvalue weighted by Gasteiger charge is 2.25. The number of piperidine rings is 1. The Bertz CT molecular complexity index is 587. The lowest BCUT2D eigenvalue weighted by Gasteiger charge is -2.35. The second-order valence-corrected chi connectivity index (χ2v) is 7.85. The molecule has 7 nitrogen and oxygen atoms in total. The first-order valence-corrected chi connectivity index (χ1v) is 9.79. The number of aliphatic imine (C=N–C) groups is 1. The van der Waals surface area contributed by atoms with E-state index in [9.17, 15) is 5.11 Å². The number of hydrogen-bond donors (Lipinski definition) is 3. The van der Waals surface area contributed by atoms with Crippen molar-refractivity contribution < 1.29 is 5.11 Å². The summed E-state index contributed by atoms with van der Waals surface area (Å²) in [7, 11) is 1.85. The maximum absolute atomic E-state index is 10.7. The molecule has 8 heteroatoms. The predicted molar refractivity (Wildman–Crippen MR) is 122 cm³/mol. The molecule has 1 aliphatic rings. The van der Waals surface area contributed by atoms with Crippen LogP contribution in [0, 0.1) is 5.92 Å². The van der Waals surface area contributed by atoms with Crippen molar-refractivity contribution in [3.63, 3.8) is 0 Å². The SMILES string of the molecule is CCNC(=NCC(C)(O)c1cnn(C)c1)NCC1CCCN(C(C)C)C1.I. The molecule has 2 heterocycles. The molecule has 0 aliphatic carbocycles. The molecule has 3 N–H and O–H groups in total. The number of nitrogens with one attached hydrogen (secondary N) is 2. The third-order valence-electron chi connectivity index (χ3n) is 5.05. The van der Waals surface area contributed by atoms with Crippen LogP contribution >= 0.6 is 24.0 Å². The van der Waals surface area contributed by atoms with E-state index in [0.717, 1.165) is 31.2 Å². The van der Waals surface area contributed by atoms with Crippen LogP contribution in [0.5, 0.6) is 0 Å². The highest BCUT2D eigenvalue weighted by molar-refractivity contribution is 14.0. The smallest absolute Gasteiger partial charge is 0.191 e. The van der Waals surface area contributed by atoms with Crippen LogP contribution in [0.2, 0.25) is 0 Å². The molecule has 0 amide bonds. The van der Waals surface area contributed by atoms with Crippen LogP contribution in [0.15, 0.2) is 17.4 Å². The molecule has 156 valence electrons. The summed E-state index contributed by atoms with van der Waals surface area (Å²) in [5, 5.41) is 21.6. The van der Waals surface area contributed by atoms with Gasteiger partial charge in [0.2, 0.25) is 0 Å². The van der Waals surface area contributed by atoms with Crippen molar-refractivity contribution in [1.82, 2.24) is 25.3 Å². The van der Waals surface area contributed by atoms with E-state index < -0.39 is 5.60 Å². The molecule has 2 atom stereocenters. The van der Waals surface area contributed by atoms with Crippen molar-refractivity contribution in [2.75, 3.05) is 32.7 Å². The van der Waals surface area contributed by atoms with Gasteiger partial charge in [0.05, 0.1) is 12.7 Å². The van der Waals surface area contributed by atoms with Gasteiger partial charge in [-0.25, -0.2) is 4.99 Å². The van der Waals surface area contributed by atoms with Gasteiger partial charge in [-0.3, -0.25) is 4.68 Å². The lowest BCUT2D eigenvalue weighted by Crippen LogP contribution is -2.46. The lowest BCUT2D eigenvalue weighted by molar-refractivity contribution is 0.0671. The highest BCUT2D eigenvalue weighted by Crippen LogP contribution is 2.20. The third-order valence-corrected chi connectivity index (χ3v) is 5.05. The first kappa shape index (κ1) is 24.2. The fourth-order valence-electron chi connectivity index (χ4n) is 3.34. The minimum Gasteiger partial charge on any atom is -0.383 e.